The molecule has 0 aliphatic carbocycles. The second kappa shape index (κ2) is 7.08. The lowest BCUT2D eigenvalue weighted by molar-refractivity contribution is -0.138. The highest BCUT2D eigenvalue weighted by Gasteiger charge is 2.33. The molecular formula is C19H20BrF3. The van der Waals surface area contributed by atoms with E-state index in [1.165, 1.54) is 11.6 Å². The first-order valence-electron chi connectivity index (χ1n) is 7.64. The number of rotatable bonds is 4. The van der Waals surface area contributed by atoms with E-state index in [1.54, 1.807) is 26.0 Å². The van der Waals surface area contributed by atoms with Crippen LogP contribution in [0.4, 0.5) is 13.2 Å². The van der Waals surface area contributed by atoms with Crippen molar-refractivity contribution in [2.24, 2.45) is 0 Å². The molecule has 1 atom stereocenters. The van der Waals surface area contributed by atoms with Gasteiger partial charge in [0, 0.05) is 4.47 Å². The van der Waals surface area contributed by atoms with Gasteiger partial charge in [-0.3, -0.25) is 0 Å². The Bertz CT molecular complexity index is 675. The first-order chi connectivity index (χ1) is 10.7. The van der Waals surface area contributed by atoms with Crippen molar-refractivity contribution in [3.63, 3.8) is 0 Å². The van der Waals surface area contributed by atoms with E-state index >= 15 is 0 Å². The lowest BCUT2D eigenvalue weighted by Crippen LogP contribution is -2.11. The van der Waals surface area contributed by atoms with E-state index in [0.29, 0.717) is 12.0 Å². The van der Waals surface area contributed by atoms with Gasteiger partial charge in [0.1, 0.15) is 0 Å². The molecule has 0 amide bonds. The molecule has 0 aromatic heterocycles. The lowest BCUT2D eigenvalue weighted by atomic mass is 9.89. The number of hydrogen-bond acceptors (Lipinski definition) is 0. The van der Waals surface area contributed by atoms with Crippen molar-refractivity contribution in [1.29, 1.82) is 0 Å². The Morgan fingerprint density at radius 2 is 1.61 bits per heavy atom. The van der Waals surface area contributed by atoms with Crippen LogP contribution < -0.4 is 0 Å². The van der Waals surface area contributed by atoms with Crippen LogP contribution in [0.1, 0.15) is 54.9 Å². The van der Waals surface area contributed by atoms with Gasteiger partial charge in [-0.15, -0.1) is 0 Å². The van der Waals surface area contributed by atoms with Crippen LogP contribution in [0.5, 0.6) is 0 Å². The van der Waals surface area contributed by atoms with Crippen molar-refractivity contribution in [3.8, 4) is 0 Å². The summed E-state index contributed by atoms with van der Waals surface area (Å²) in [6, 6.07) is 12.5. The molecule has 2 aromatic carbocycles. The first-order valence-corrected chi connectivity index (χ1v) is 8.44. The predicted octanol–water partition coefficient (Wildman–Crippen LogP) is 6.94. The quantitative estimate of drug-likeness (QED) is 0.535. The summed E-state index contributed by atoms with van der Waals surface area (Å²) in [6.45, 7) is 5.68. The summed E-state index contributed by atoms with van der Waals surface area (Å²) in [5.41, 5.74) is 1.95. The summed E-state index contributed by atoms with van der Waals surface area (Å²) in [5, 5.41) is 0. The molecule has 0 heterocycles. The van der Waals surface area contributed by atoms with E-state index in [4.69, 9.17) is 0 Å². The Hall–Kier alpha value is -1.29. The van der Waals surface area contributed by atoms with E-state index in [0.717, 1.165) is 10.0 Å². The van der Waals surface area contributed by atoms with Gasteiger partial charge in [-0.2, -0.15) is 13.2 Å². The average Bonchev–Trinajstić information content (AvgIpc) is 2.46. The highest BCUT2D eigenvalue weighted by Crippen LogP contribution is 2.36. The van der Waals surface area contributed by atoms with Gasteiger partial charge in [0.05, 0.1) is 5.56 Å². The summed E-state index contributed by atoms with van der Waals surface area (Å²) < 4.78 is 40.4. The fourth-order valence-corrected chi connectivity index (χ4v) is 3.49. The van der Waals surface area contributed by atoms with E-state index in [1.807, 2.05) is 24.3 Å². The zero-order valence-corrected chi connectivity index (χ0v) is 15.0. The number of benzene rings is 2. The topological polar surface area (TPSA) is 0 Å². The van der Waals surface area contributed by atoms with Crippen LogP contribution >= 0.6 is 15.9 Å². The summed E-state index contributed by atoms with van der Waals surface area (Å²) in [5.74, 6) is 0.0627. The van der Waals surface area contributed by atoms with E-state index in [9.17, 15) is 13.2 Å². The van der Waals surface area contributed by atoms with Crippen LogP contribution in [0.3, 0.4) is 0 Å². The van der Waals surface area contributed by atoms with Crippen LogP contribution in [-0.4, -0.2) is 0 Å². The molecule has 0 aliphatic rings. The third-order valence-electron chi connectivity index (χ3n) is 4.02. The molecule has 0 radical (unpaired) electrons. The normalized spacial score (nSPS) is 13.4. The Morgan fingerprint density at radius 1 is 0.957 bits per heavy atom. The molecule has 0 saturated carbocycles. The van der Waals surface area contributed by atoms with Gasteiger partial charge >= 0.3 is 6.18 Å². The minimum atomic E-state index is -4.30. The molecule has 1 unspecified atom stereocenters. The third kappa shape index (κ3) is 4.37. The minimum absolute atomic E-state index is 0.162. The fourth-order valence-electron chi connectivity index (χ4n) is 2.81. The van der Waals surface area contributed by atoms with Crippen LogP contribution in [0.15, 0.2) is 46.9 Å². The number of hydrogen-bond donors (Lipinski definition) is 0. The van der Waals surface area contributed by atoms with Crippen LogP contribution in [0.2, 0.25) is 0 Å². The van der Waals surface area contributed by atoms with Gasteiger partial charge in [0.25, 0.3) is 0 Å². The molecule has 0 nitrogen and oxygen atoms in total. The highest BCUT2D eigenvalue weighted by molar-refractivity contribution is 9.10. The molecule has 2 aromatic rings. The van der Waals surface area contributed by atoms with Crippen molar-refractivity contribution in [1.82, 2.24) is 0 Å². The van der Waals surface area contributed by atoms with Crippen LogP contribution in [0, 0.1) is 0 Å². The third-order valence-corrected chi connectivity index (χ3v) is 4.74. The summed E-state index contributed by atoms with van der Waals surface area (Å²) in [6.07, 6.45) is -3.59. The van der Waals surface area contributed by atoms with Gasteiger partial charge < -0.3 is 0 Å². The summed E-state index contributed by atoms with van der Waals surface area (Å²) in [4.78, 5) is 0. The average molecular weight is 385 g/mol. The van der Waals surface area contributed by atoms with Gasteiger partial charge in [0.15, 0.2) is 0 Å². The summed E-state index contributed by atoms with van der Waals surface area (Å²) in [7, 11) is 0. The second-order valence-electron chi connectivity index (χ2n) is 6.20. The van der Waals surface area contributed by atoms with Crippen molar-refractivity contribution in [2.75, 3.05) is 0 Å². The van der Waals surface area contributed by atoms with Crippen molar-refractivity contribution in [2.45, 2.75) is 45.2 Å². The Labute approximate surface area is 143 Å². The van der Waals surface area contributed by atoms with Crippen molar-refractivity contribution in [3.05, 3.63) is 69.2 Å². The van der Waals surface area contributed by atoms with Gasteiger partial charge in [-0.25, -0.2) is 0 Å². The predicted molar refractivity (Wildman–Crippen MR) is 91.8 cm³/mol. The van der Waals surface area contributed by atoms with E-state index in [2.05, 4.69) is 22.9 Å². The maximum atomic E-state index is 13.1. The largest absolute Gasteiger partial charge is 0.416 e. The monoisotopic (exact) mass is 384 g/mol. The zero-order chi connectivity index (χ0) is 17.2. The zero-order valence-electron chi connectivity index (χ0n) is 13.4. The molecule has 4 heteroatoms. The number of halogens is 4. The molecule has 23 heavy (non-hydrogen) atoms. The standard InChI is InChI=1S/C19H20BrF3/c1-12(2)16-11-14(8-9-17(16)19(21,22)23)10-13(3)15-6-4-5-7-18(15)20/h4-9,11-13H,10H2,1-3H3. The minimum Gasteiger partial charge on any atom is -0.166 e. The Balaban J connectivity index is 2.31. The smallest absolute Gasteiger partial charge is 0.166 e. The number of alkyl halides is 3. The van der Waals surface area contributed by atoms with Gasteiger partial charge in [0.2, 0.25) is 0 Å². The summed E-state index contributed by atoms with van der Waals surface area (Å²) >= 11 is 3.54. The van der Waals surface area contributed by atoms with Gasteiger partial charge in [-0.05, 0) is 47.1 Å². The molecule has 124 valence electrons. The van der Waals surface area contributed by atoms with E-state index in [-0.39, 0.29) is 11.8 Å². The molecule has 2 rings (SSSR count). The maximum Gasteiger partial charge on any atom is 0.416 e. The molecule has 0 spiro atoms. The van der Waals surface area contributed by atoms with Crippen LogP contribution in [-0.2, 0) is 12.6 Å². The van der Waals surface area contributed by atoms with Crippen molar-refractivity contribution >= 4 is 15.9 Å². The van der Waals surface area contributed by atoms with Crippen LogP contribution in [0.25, 0.3) is 0 Å². The van der Waals surface area contributed by atoms with E-state index < -0.39 is 11.7 Å². The highest BCUT2D eigenvalue weighted by atomic mass is 79.9. The molecule has 0 N–H and O–H groups in total. The maximum absolute atomic E-state index is 13.1. The molecule has 0 saturated heterocycles. The molecular weight excluding hydrogens is 365 g/mol. The molecule has 0 bridgehead atoms. The fraction of sp³-hybridized carbons (Fsp3) is 0.368. The van der Waals surface area contributed by atoms with Crippen molar-refractivity contribution < 1.29 is 13.2 Å². The Kier molecular flexibility index (Phi) is 5.56. The van der Waals surface area contributed by atoms with Gasteiger partial charge in [-0.1, -0.05) is 67.0 Å². The molecule has 0 aliphatic heterocycles. The molecule has 0 fully saturated rings. The SMILES string of the molecule is CC(C)c1cc(CC(C)c2ccccc2Br)ccc1C(F)(F)F. The first kappa shape index (κ1) is 18.1. The lowest BCUT2D eigenvalue weighted by Gasteiger charge is -2.19. The second-order valence-corrected chi connectivity index (χ2v) is 7.06. The Morgan fingerprint density at radius 3 is 2.17 bits per heavy atom.